The lowest BCUT2D eigenvalue weighted by Crippen LogP contribution is -2.49. The van der Waals surface area contributed by atoms with Crippen LogP contribution in [0.15, 0.2) is 18.2 Å². The highest BCUT2D eigenvalue weighted by molar-refractivity contribution is 6.35. The van der Waals surface area contributed by atoms with E-state index in [4.69, 9.17) is 23.2 Å². The highest BCUT2D eigenvalue weighted by Crippen LogP contribution is 2.29. The molecule has 1 aliphatic rings. The van der Waals surface area contributed by atoms with Gasteiger partial charge in [0, 0.05) is 30.7 Å². The summed E-state index contributed by atoms with van der Waals surface area (Å²) in [5.41, 5.74) is 1.04. The number of benzene rings is 1. The maximum absolute atomic E-state index is 6.16. The van der Waals surface area contributed by atoms with Gasteiger partial charge in [-0.25, -0.2) is 0 Å². The molecule has 0 radical (unpaired) electrons. The van der Waals surface area contributed by atoms with Gasteiger partial charge < -0.3 is 10.2 Å². The second kappa shape index (κ2) is 4.60. The SMILES string of the molecule is C[C@H]1CN(c2cc(Cl)ccc2Cl)CCN1. The summed E-state index contributed by atoms with van der Waals surface area (Å²) in [6.45, 7) is 5.11. The van der Waals surface area contributed by atoms with E-state index in [0.717, 1.165) is 35.4 Å². The highest BCUT2D eigenvalue weighted by atomic mass is 35.5. The van der Waals surface area contributed by atoms with Gasteiger partial charge in [-0.15, -0.1) is 0 Å². The number of rotatable bonds is 1. The van der Waals surface area contributed by atoms with E-state index < -0.39 is 0 Å². The Bertz CT molecular complexity index is 354. The van der Waals surface area contributed by atoms with E-state index in [1.807, 2.05) is 18.2 Å². The fourth-order valence-corrected chi connectivity index (χ4v) is 2.28. The van der Waals surface area contributed by atoms with Gasteiger partial charge in [-0.05, 0) is 25.1 Å². The fraction of sp³-hybridized carbons (Fsp3) is 0.455. The van der Waals surface area contributed by atoms with Crippen molar-refractivity contribution >= 4 is 28.9 Å². The lowest BCUT2D eigenvalue weighted by molar-refractivity contribution is 0.485. The summed E-state index contributed by atoms with van der Waals surface area (Å²) in [5.74, 6) is 0. The van der Waals surface area contributed by atoms with Crippen LogP contribution in [-0.2, 0) is 0 Å². The van der Waals surface area contributed by atoms with E-state index in [1.165, 1.54) is 0 Å². The molecular weight excluding hydrogens is 231 g/mol. The monoisotopic (exact) mass is 244 g/mol. The van der Waals surface area contributed by atoms with E-state index >= 15 is 0 Å². The van der Waals surface area contributed by atoms with Gasteiger partial charge in [0.1, 0.15) is 0 Å². The molecule has 0 saturated carbocycles. The number of nitrogens with zero attached hydrogens (tertiary/aromatic N) is 1. The summed E-state index contributed by atoms with van der Waals surface area (Å²) in [7, 11) is 0. The molecule has 1 aromatic rings. The Kier molecular flexibility index (Phi) is 3.39. The minimum Gasteiger partial charge on any atom is -0.367 e. The molecular formula is C11H14Cl2N2. The minimum absolute atomic E-state index is 0.494. The van der Waals surface area contributed by atoms with Crippen molar-refractivity contribution in [2.24, 2.45) is 0 Å². The molecule has 1 fully saturated rings. The quantitative estimate of drug-likeness (QED) is 0.818. The van der Waals surface area contributed by atoms with E-state index in [0.29, 0.717) is 6.04 Å². The molecule has 1 aliphatic heterocycles. The highest BCUT2D eigenvalue weighted by Gasteiger charge is 2.17. The van der Waals surface area contributed by atoms with Crippen molar-refractivity contribution in [3.63, 3.8) is 0 Å². The third-order valence-corrected chi connectivity index (χ3v) is 3.17. The summed E-state index contributed by atoms with van der Waals surface area (Å²) in [6.07, 6.45) is 0. The standard InChI is InChI=1S/C11H14Cl2N2/c1-8-7-15(5-4-14-8)11-6-9(12)2-3-10(11)13/h2-3,6,8,14H,4-5,7H2,1H3/t8-/m0/s1. The number of anilines is 1. The molecule has 2 nitrogen and oxygen atoms in total. The first-order chi connectivity index (χ1) is 7.16. The molecule has 15 heavy (non-hydrogen) atoms. The Morgan fingerprint density at radius 3 is 2.93 bits per heavy atom. The molecule has 2 rings (SSSR count). The molecule has 0 aromatic heterocycles. The average molecular weight is 245 g/mol. The van der Waals surface area contributed by atoms with Crippen molar-refractivity contribution in [3.8, 4) is 0 Å². The molecule has 1 N–H and O–H groups in total. The van der Waals surface area contributed by atoms with Crippen molar-refractivity contribution in [2.75, 3.05) is 24.5 Å². The summed E-state index contributed by atoms with van der Waals surface area (Å²) < 4.78 is 0. The van der Waals surface area contributed by atoms with Crippen LogP contribution in [0.4, 0.5) is 5.69 Å². The maximum atomic E-state index is 6.16. The Morgan fingerprint density at radius 1 is 1.40 bits per heavy atom. The summed E-state index contributed by atoms with van der Waals surface area (Å²) >= 11 is 12.1. The third kappa shape index (κ3) is 2.57. The van der Waals surface area contributed by atoms with E-state index in [1.54, 1.807) is 0 Å². The Labute approximate surface area is 100 Å². The van der Waals surface area contributed by atoms with Crippen molar-refractivity contribution in [1.82, 2.24) is 5.32 Å². The van der Waals surface area contributed by atoms with Crippen LogP contribution in [0, 0.1) is 0 Å². The van der Waals surface area contributed by atoms with Gasteiger partial charge in [0.25, 0.3) is 0 Å². The van der Waals surface area contributed by atoms with E-state index in [-0.39, 0.29) is 0 Å². The van der Waals surface area contributed by atoms with Gasteiger partial charge in [-0.1, -0.05) is 23.2 Å². The minimum atomic E-state index is 0.494. The lowest BCUT2D eigenvalue weighted by atomic mass is 10.2. The van der Waals surface area contributed by atoms with Crippen LogP contribution in [0.1, 0.15) is 6.92 Å². The van der Waals surface area contributed by atoms with E-state index in [9.17, 15) is 0 Å². The van der Waals surface area contributed by atoms with Crippen LogP contribution in [0.5, 0.6) is 0 Å². The largest absolute Gasteiger partial charge is 0.367 e. The van der Waals surface area contributed by atoms with Gasteiger partial charge in [-0.2, -0.15) is 0 Å². The zero-order valence-electron chi connectivity index (χ0n) is 8.63. The topological polar surface area (TPSA) is 15.3 Å². The van der Waals surface area contributed by atoms with Crippen molar-refractivity contribution in [2.45, 2.75) is 13.0 Å². The molecule has 1 atom stereocenters. The first kappa shape index (κ1) is 11.1. The molecule has 0 amide bonds. The molecule has 0 aliphatic carbocycles. The molecule has 0 spiro atoms. The molecule has 1 saturated heterocycles. The fourth-order valence-electron chi connectivity index (χ4n) is 1.88. The third-order valence-electron chi connectivity index (χ3n) is 2.62. The smallest absolute Gasteiger partial charge is 0.0640 e. The Balaban J connectivity index is 2.24. The normalized spacial score (nSPS) is 21.8. The summed E-state index contributed by atoms with van der Waals surface area (Å²) in [5, 5.41) is 4.91. The first-order valence-corrected chi connectivity index (χ1v) is 5.86. The predicted molar refractivity (Wildman–Crippen MR) is 66.1 cm³/mol. The molecule has 0 bridgehead atoms. The predicted octanol–water partition coefficient (Wildman–Crippen LogP) is 2.79. The number of piperazine rings is 1. The van der Waals surface area contributed by atoms with Crippen LogP contribution in [0.3, 0.4) is 0 Å². The van der Waals surface area contributed by atoms with Crippen molar-refractivity contribution in [1.29, 1.82) is 0 Å². The Morgan fingerprint density at radius 2 is 2.20 bits per heavy atom. The first-order valence-electron chi connectivity index (χ1n) is 5.10. The van der Waals surface area contributed by atoms with Crippen LogP contribution in [0.25, 0.3) is 0 Å². The zero-order valence-corrected chi connectivity index (χ0v) is 10.1. The second-order valence-electron chi connectivity index (χ2n) is 3.90. The van der Waals surface area contributed by atoms with Gasteiger partial charge in [0.2, 0.25) is 0 Å². The van der Waals surface area contributed by atoms with Gasteiger partial charge in [0.15, 0.2) is 0 Å². The summed E-state index contributed by atoms with van der Waals surface area (Å²) in [6, 6.07) is 6.10. The van der Waals surface area contributed by atoms with Crippen LogP contribution in [-0.4, -0.2) is 25.7 Å². The van der Waals surface area contributed by atoms with Gasteiger partial charge >= 0.3 is 0 Å². The van der Waals surface area contributed by atoms with Gasteiger partial charge in [-0.3, -0.25) is 0 Å². The maximum Gasteiger partial charge on any atom is 0.0640 e. The molecule has 4 heteroatoms. The molecule has 1 aromatic carbocycles. The number of hydrogen-bond donors (Lipinski definition) is 1. The van der Waals surface area contributed by atoms with Crippen molar-refractivity contribution in [3.05, 3.63) is 28.2 Å². The van der Waals surface area contributed by atoms with Crippen LogP contribution in [0.2, 0.25) is 10.0 Å². The number of halogens is 2. The second-order valence-corrected chi connectivity index (χ2v) is 4.74. The van der Waals surface area contributed by atoms with Crippen molar-refractivity contribution < 1.29 is 0 Å². The molecule has 82 valence electrons. The Hall–Kier alpha value is -0.440. The molecule has 0 unspecified atom stereocenters. The van der Waals surface area contributed by atoms with Crippen LogP contribution < -0.4 is 10.2 Å². The average Bonchev–Trinajstić information content (AvgIpc) is 2.22. The molecule has 1 heterocycles. The van der Waals surface area contributed by atoms with Gasteiger partial charge in [0.05, 0.1) is 10.7 Å². The van der Waals surface area contributed by atoms with Crippen LogP contribution >= 0.6 is 23.2 Å². The number of hydrogen-bond acceptors (Lipinski definition) is 2. The lowest BCUT2D eigenvalue weighted by Gasteiger charge is -2.34. The summed E-state index contributed by atoms with van der Waals surface area (Å²) in [4.78, 5) is 2.27. The number of nitrogens with one attached hydrogen (secondary N) is 1. The van der Waals surface area contributed by atoms with E-state index in [2.05, 4.69) is 17.1 Å². The zero-order chi connectivity index (χ0) is 10.8.